The minimum atomic E-state index is -0.842. The smallest absolute Gasteiger partial charge is 0.260 e. The molecule has 4 rings (SSSR count). The first-order valence-electron chi connectivity index (χ1n) is 9.41. The summed E-state index contributed by atoms with van der Waals surface area (Å²) < 4.78 is 29.4. The lowest BCUT2D eigenvalue weighted by Crippen LogP contribution is -2.43. The third-order valence-electron chi connectivity index (χ3n) is 5.46. The lowest BCUT2D eigenvalue weighted by molar-refractivity contribution is 0.0699. The average molecular weight is 372 g/mol. The van der Waals surface area contributed by atoms with Crippen molar-refractivity contribution in [1.82, 2.24) is 19.8 Å². The largest absolute Gasteiger partial charge is 0.334 e. The van der Waals surface area contributed by atoms with Crippen LogP contribution in [-0.4, -0.2) is 57.9 Å². The number of hydrogen-bond acceptors (Lipinski definition) is 4. The second-order valence-corrected chi connectivity index (χ2v) is 7.24. The molecule has 0 unspecified atom stereocenters. The maximum Gasteiger partial charge on any atom is 0.260 e. The number of hydrogen-bond donors (Lipinski definition) is 0. The predicted octanol–water partition coefficient (Wildman–Crippen LogP) is 3.12. The van der Waals surface area contributed by atoms with Crippen molar-refractivity contribution in [2.75, 3.05) is 26.2 Å². The normalized spacial score (nSPS) is 20.4. The van der Waals surface area contributed by atoms with Gasteiger partial charge in [-0.1, -0.05) is 0 Å². The van der Waals surface area contributed by atoms with Crippen molar-refractivity contribution >= 4 is 5.91 Å². The van der Waals surface area contributed by atoms with Crippen LogP contribution in [0.25, 0.3) is 11.1 Å². The molecule has 2 aromatic rings. The molecule has 0 radical (unpaired) electrons. The first-order chi connectivity index (χ1) is 13.1. The summed E-state index contributed by atoms with van der Waals surface area (Å²) in [6.45, 7) is 3.41. The molecule has 0 aliphatic carbocycles. The summed E-state index contributed by atoms with van der Waals surface area (Å²) in [7, 11) is 0. The third kappa shape index (κ3) is 3.69. The van der Waals surface area contributed by atoms with E-state index in [0.717, 1.165) is 32.5 Å². The van der Waals surface area contributed by atoms with Crippen molar-refractivity contribution in [1.29, 1.82) is 0 Å². The Balaban J connectivity index is 1.57. The number of carbonyl (C=O) groups is 1. The molecule has 27 heavy (non-hydrogen) atoms. The first-order valence-corrected chi connectivity index (χ1v) is 9.41. The van der Waals surface area contributed by atoms with Gasteiger partial charge >= 0.3 is 0 Å². The average Bonchev–Trinajstić information content (AvgIpc) is 3.34. The second-order valence-electron chi connectivity index (χ2n) is 7.24. The van der Waals surface area contributed by atoms with Gasteiger partial charge < -0.3 is 9.80 Å². The van der Waals surface area contributed by atoms with E-state index in [2.05, 4.69) is 14.9 Å². The number of halogens is 2. The van der Waals surface area contributed by atoms with E-state index in [1.807, 2.05) is 0 Å². The summed E-state index contributed by atoms with van der Waals surface area (Å²) in [5.41, 5.74) is 0.350. The molecule has 3 heterocycles. The van der Waals surface area contributed by atoms with E-state index >= 15 is 0 Å². The van der Waals surface area contributed by atoms with Gasteiger partial charge in [0.05, 0.1) is 0 Å². The van der Waals surface area contributed by atoms with Crippen LogP contribution in [0.1, 0.15) is 36.0 Å². The zero-order valence-electron chi connectivity index (χ0n) is 15.1. The van der Waals surface area contributed by atoms with Gasteiger partial charge in [0, 0.05) is 37.1 Å². The van der Waals surface area contributed by atoms with Crippen LogP contribution in [0.4, 0.5) is 8.78 Å². The third-order valence-corrected chi connectivity index (χ3v) is 5.46. The summed E-state index contributed by atoms with van der Waals surface area (Å²) in [6, 6.07) is 2.39. The van der Waals surface area contributed by atoms with Gasteiger partial charge in [0.1, 0.15) is 23.5 Å². The van der Waals surface area contributed by atoms with Gasteiger partial charge in [-0.05, 0) is 56.5 Å². The lowest BCUT2D eigenvalue weighted by atomic mass is 10.0. The van der Waals surface area contributed by atoms with E-state index in [1.54, 1.807) is 4.90 Å². The molecule has 5 nitrogen and oxygen atoms in total. The Morgan fingerprint density at radius 3 is 2.33 bits per heavy atom. The van der Waals surface area contributed by atoms with Crippen LogP contribution in [0.5, 0.6) is 0 Å². The SMILES string of the molecule is O=C(c1c(F)cc(-c2cncnc2)cc1F)N1CCC[C@H]1CN1CCCC1. The van der Waals surface area contributed by atoms with Gasteiger partial charge in [0.25, 0.3) is 5.91 Å². The van der Waals surface area contributed by atoms with Gasteiger partial charge in [-0.3, -0.25) is 4.79 Å². The first kappa shape index (κ1) is 18.0. The standard InChI is InChI=1S/C20H22F2N4O/c21-17-8-14(15-10-23-13-24-11-15)9-18(22)19(17)20(27)26-7-3-4-16(26)12-25-5-1-2-6-25/h8-11,13,16H,1-7,12H2/t16-/m0/s1. The molecule has 0 N–H and O–H groups in total. The molecule has 1 amide bonds. The van der Waals surface area contributed by atoms with Gasteiger partial charge in [-0.15, -0.1) is 0 Å². The van der Waals surface area contributed by atoms with Gasteiger partial charge in [-0.25, -0.2) is 18.7 Å². The summed E-state index contributed by atoms with van der Waals surface area (Å²) in [5.74, 6) is -2.24. The van der Waals surface area contributed by atoms with Crippen LogP contribution in [0.2, 0.25) is 0 Å². The topological polar surface area (TPSA) is 49.3 Å². The highest BCUT2D eigenvalue weighted by Gasteiger charge is 2.34. The molecule has 0 spiro atoms. The summed E-state index contributed by atoms with van der Waals surface area (Å²) >= 11 is 0. The molecule has 2 fully saturated rings. The molecule has 2 aliphatic heterocycles. The van der Waals surface area contributed by atoms with Crippen molar-refractivity contribution in [3.05, 3.63) is 48.1 Å². The molecule has 1 aromatic heterocycles. The van der Waals surface area contributed by atoms with E-state index in [0.29, 0.717) is 17.7 Å². The Morgan fingerprint density at radius 1 is 1.00 bits per heavy atom. The van der Waals surface area contributed by atoms with Crippen LogP contribution in [0.3, 0.4) is 0 Å². The lowest BCUT2D eigenvalue weighted by Gasteiger charge is -2.28. The van der Waals surface area contributed by atoms with E-state index in [4.69, 9.17) is 0 Å². The van der Waals surface area contributed by atoms with E-state index in [1.165, 1.54) is 43.7 Å². The quantitative estimate of drug-likeness (QED) is 0.827. The number of likely N-dealkylation sites (tertiary alicyclic amines) is 2. The zero-order valence-corrected chi connectivity index (χ0v) is 15.1. The van der Waals surface area contributed by atoms with Gasteiger partial charge in [0.15, 0.2) is 0 Å². The molecular weight excluding hydrogens is 350 g/mol. The monoisotopic (exact) mass is 372 g/mol. The van der Waals surface area contributed by atoms with Crippen molar-refractivity contribution in [3.63, 3.8) is 0 Å². The predicted molar refractivity (Wildman–Crippen MR) is 97.1 cm³/mol. The van der Waals surface area contributed by atoms with E-state index in [9.17, 15) is 13.6 Å². The summed E-state index contributed by atoms with van der Waals surface area (Å²) in [6.07, 6.45) is 8.41. The zero-order chi connectivity index (χ0) is 18.8. The van der Waals surface area contributed by atoms with Crippen molar-refractivity contribution in [2.45, 2.75) is 31.7 Å². The van der Waals surface area contributed by atoms with E-state index in [-0.39, 0.29) is 6.04 Å². The number of carbonyl (C=O) groups excluding carboxylic acids is 1. The van der Waals surface area contributed by atoms with Crippen LogP contribution >= 0.6 is 0 Å². The molecule has 142 valence electrons. The van der Waals surface area contributed by atoms with Crippen LogP contribution in [0.15, 0.2) is 30.9 Å². The van der Waals surface area contributed by atoms with Crippen molar-refractivity contribution < 1.29 is 13.6 Å². The van der Waals surface area contributed by atoms with Crippen LogP contribution in [-0.2, 0) is 0 Å². The fraction of sp³-hybridized carbons (Fsp3) is 0.450. The van der Waals surface area contributed by atoms with Crippen LogP contribution in [0, 0.1) is 11.6 Å². The minimum absolute atomic E-state index is 0.0246. The Kier molecular flexibility index (Phi) is 5.11. The Morgan fingerprint density at radius 2 is 1.67 bits per heavy atom. The molecule has 1 atom stereocenters. The fourth-order valence-corrected chi connectivity index (χ4v) is 4.09. The minimum Gasteiger partial charge on any atom is -0.334 e. The molecular formula is C20H22F2N4O. The number of aromatic nitrogens is 2. The number of nitrogens with zero attached hydrogens (tertiary/aromatic N) is 4. The molecule has 0 saturated carbocycles. The maximum atomic E-state index is 14.7. The highest BCUT2D eigenvalue weighted by Crippen LogP contribution is 2.28. The number of rotatable bonds is 4. The molecule has 1 aromatic carbocycles. The van der Waals surface area contributed by atoms with Gasteiger partial charge in [-0.2, -0.15) is 0 Å². The number of benzene rings is 1. The van der Waals surface area contributed by atoms with Crippen LogP contribution < -0.4 is 0 Å². The highest BCUT2D eigenvalue weighted by atomic mass is 19.1. The summed E-state index contributed by atoms with van der Waals surface area (Å²) in [4.78, 5) is 24.6. The molecule has 2 saturated heterocycles. The van der Waals surface area contributed by atoms with E-state index < -0.39 is 23.1 Å². The Bertz CT molecular complexity index is 801. The summed E-state index contributed by atoms with van der Waals surface area (Å²) in [5, 5.41) is 0. The van der Waals surface area contributed by atoms with Crippen molar-refractivity contribution in [3.8, 4) is 11.1 Å². The Hall–Kier alpha value is -2.41. The van der Waals surface area contributed by atoms with Gasteiger partial charge in [0.2, 0.25) is 0 Å². The Labute approximate surface area is 157 Å². The molecule has 2 aliphatic rings. The number of amides is 1. The fourth-order valence-electron chi connectivity index (χ4n) is 4.09. The highest BCUT2D eigenvalue weighted by molar-refractivity contribution is 5.95. The van der Waals surface area contributed by atoms with Crippen molar-refractivity contribution in [2.24, 2.45) is 0 Å². The maximum absolute atomic E-state index is 14.7. The molecule has 7 heteroatoms. The molecule has 0 bridgehead atoms. The second kappa shape index (κ2) is 7.68.